The van der Waals surface area contributed by atoms with Crippen LogP contribution in [0.3, 0.4) is 0 Å². The van der Waals surface area contributed by atoms with Gasteiger partial charge in [0.05, 0.1) is 18.0 Å². The van der Waals surface area contributed by atoms with Crippen LogP contribution in [-0.4, -0.2) is 52.2 Å². The monoisotopic (exact) mass is 363 g/mol. The van der Waals surface area contributed by atoms with Crippen molar-refractivity contribution in [3.05, 3.63) is 39.0 Å². The van der Waals surface area contributed by atoms with Gasteiger partial charge in [-0.25, -0.2) is 0 Å². The summed E-state index contributed by atoms with van der Waals surface area (Å²) in [4.78, 5) is 29.8. The van der Waals surface area contributed by atoms with Gasteiger partial charge in [0, 0.05) is 36.4 Å². The van der Waals surface area contributed by atoms with Crippen molar-refractivity contribution in [2.75, 3.05) is 26.2 Å². The van der Waals surface area contributed by atoms with Crippen LogP contribution in [0.25, 0.3) is 0 Å². The summed E-state index contributed by atoms with van der Waals surface area (Å²) in [6.07, 6.45) is 0.405. The SMILES string of the molecule is Cc1nscc1CC(=O)N1CCN(C(=O)C(C)c2cccs2)CC1. The van der Waals surface area contributed by atoms with E-state index in [-0.39, 0.29) is 17.7 Å². The summed E-state index contributed by atoms with van der Waals surface area (Å²) in [5, 5.41) is 3.94. The van der Waals surface area contributed by atoms with E-state index in [0.29, 0.717) is 32.6 Å². The number of aryl methyl sites for hydroxylation is 1. The fourth-order valence-corrected chi connectivity index (χ4v) is 4.35. The zero-order valence-electron chi connectivity index (χ0n) is 13.9. The predicted molar refractivity (Wildman–Crippen MR) is 96.4 cm³/mol. The zero-order valence-corrected chi connectivity index (χ0v) is 15.5. The maximum Gasteiger partial charge on any atom is 0.230 e. The van der Waals surface area contributed by atoms with Crippen LogP contribution in [0.2, 0.25) is 0 Å². The van der Waals surface area contributed by atoms with Gasteiger partial charge in [-0.1, -0.05) is 6.07 Å². The Balaban J connectivity index is 1.53. The first kappa shape index (κ1) is 17.1. The van der Waals surface area contributed by atoms with Gasteiger partial charge in [-0.15, -0.1) is 11.3 Å². The van der Waals surface area contributed by atoms with Gasteiger partial charge in [0.1, 0.15) is 0 Å². The van der Waals surface area contributed by atoms with Crippen molar-refractivity contribution in [3.8, 4) is 0 Å². The Labute approximate surface area is 150 Å². The Hall–Kier alpha value is -1.73. The lowest BCUT2D eigenvalue weighted by Crippen LogP contribution is -2.51. The van der Waals surface area contributed by atoms with E-state index in [2.05, 4.69) is 4.37 Å². The topological polar surface area (TPSA) is 53.5 Å². The molecule has 0 aromatic carbocycles. The molecule has 0 radical (unpaired) electrons. The van der Waals surface area contributed by atoms with Crippen molar-refractivity contribution in [1.82, 2.24) is 14.2 Å². The predicted octanol–water partition coefficient (Wildman–Crippen LogP) is 2.53. The van der Waals surface area contributed by atoms with Gasteiger partial charge in [-0.3, -0.25) is 9.59 Å². The molecule has 0 spiro atoms. The molecule has 1 fully saturated rings. The highest BCUT2D eigenvalue weighted by molar-refractivity contribution is 7.10. The molecule has 0 saturated carbocycles. The van der Waals surface area contributed by atoms with Crippen molar-refractivity contribution >= 4 is 34.7 Å². The Bertz CT molecular complexity index is 703. The average Bonchev–Trinajstić information content (AvgIpc) is 3.26. The third-order valence-electron chi connectivity index (χ3n) is 4.48. The third kappa shape index (κ3) is 3.67. The van der Waals surface area contributed by atoms with Crippen molar-refractivity contribution in [2.24, 2.45) is 0 Å². The lowest BCUT2D eigenvalue weighted by Gasteiger charge is -2.36. The molecule has 1 aliphatic heterocycles. The summed E-state index contributed by atoms with van der Waals surface area (Å²) in [6, 6.07) is 3.98. The van der Waals surface area contributed by atoms with E-state index in [0.717, 1.165) is 16.1 Å². The number of nitrogens with zero attached hydrogens (tertiary/aromatic N) is 3. The minimum atomic E-state index is -0.105. The number of carbonyl (C=O) groups excluding carboxylic acids is 2. The first-order valence-electron chi connectivity index (χ1n) is 8.06. The summed E-state index contributed by atoms with van der Waals surface area (Å²) in [7, 11) is 0. The number of hydrogen-bond donors (Lipinski definition) is 0. The van der Waals surface area contributed by atoms with Crippen molar-refractivity contribution in [2.45, 2.75) is 26.2 Å². The molecule has 3 heterocycles. The van der Waals surface area contributed by atoms with Crippen LogP contribution in [0.1, 0.15) is 29.0 Å². The molecule has 1 saturated heterocycles. The van der Waals surface area contributed by atoms with Gasteiger partial charge in [0.2, 0.25) is 11.8 Å². The van der Waals surface area contributed by atoms with Gasteiger partial charge in [0.25, 0.3) is 0 Å². The molecule has 128 valence electrons. The van der Waals surface area contributed by atoms with Crippen molar-refractivity contribution in [3.63, 3.8) is 0 Å². The molecule has 2 amide bonds. The van der Waals surface area contributed by atoms with E-state index in [1.54, 1.807) is 11.3 Å². The average molecular weight is 364 g/mol. The number of amides is 2. The Morgan fingerprint density at radius 3 is 2.54 bits per heavy atom. The molecular formula is C17H21N3O2S2. The van der Waals surface area contributed by atoms with Crippen LogP contribution in [0.5, 0.6) is 0 Å². The largest absolute Gasteiger partial charge is 0.339 e. The molecule has 0 bridgehead atoms. The molecule has 5 nitrogen and oxygen atoms in total. The zero-order chi connectivity index (χ0) is 17.1. The number of aromatic nitrogens is 1. The number of carbonyl (C=O) groups is 2. The van der Waals surface area contributed by atoms with Gasteiger partial charge < -0.3 is 9.80 Å². The van der Waals surface area contributed by atoms with E-state index in [9.17, 15) is 9.59 Å². The number of hydrogen-bond acceptors (Lipinski definition) is 5. The Morgan fingerprint density at radius 2 is 1.96 bits per heavy atom. The van der Waals surface area contributed by atoms with Gasteiger partial charge in [0.15, 0.2) is 0 Å². The summed E-state index contributed by atoms with van der Waals surface area (Å²) in [6.45, 7) is 6.33. The molecule has 24 heavy (non-hydrogen) atoms. The highest BCUT2D eigenvalue weighted by atomic mass is 32.1. The van der Waals surface area contributed by atoms with Crippen molar-refractivity contribution < 1.29 is 9.59 Å². The van der Waals surface area contributed by atoms with Crippen LogP contribution in [0.15, 0.2) is 22.9 Å². The quantitative estimate of drug-likeness (QED) is 0.839. The molecule has 2 aromatic heterocycles. The lowest BCUT2D eigenvalue weighted by atomic mass is 10.1. The van der Waals surface area contributed by atoms with E-state index in [4.69, 9.17) is 0 Å². The second-order valence-electron chi connectivity index (χ2n) is 6.05. The summed E-state index contributed by atoms with van der Waals surface area (Å²) >= 11 is 3.00. The summed E-state index contributed by atoms with van der Waals surface area (Å²) < 4.78 is 4.21. The Kier molecular flexibility index (Phi) is 5.30. The summed E-state index contributed by atoms with van der Waals surface area (Å²) in [5.74, 6) is 0.172. The highest BCUT2D eigenvalue weighted by Crippen LogP contribution is 2.23. The maximum atomic E-state index is 12.6. The number of piperazine rings is 1. The Morgan fingerprint density at radius 1 is 1.25 bits per heavy atom. The van der Waals surface area contributed by atoms with Crippen LogP contribution < -0.4 is 0 Å². The highest BCUT2D eigenvalue weighted by Gasteiger charge is 2.28. The molecule has 7 heteroatoms. The van der Waals surface area contributed by atoms with E-state index in [1.165, 1.54) is 11.5 Å². The molecule has 1 aliphatic rings. The van der Waals surface area contributed by atoms with Gasteiger partial charge >= 0.3 is 0 Å². The first-order valence-corrected chi connectivity index (χ1v) is 9.77. The fraction of sp³-hybridized carbons (Fsp3) is 0.471. The number of rotatable bonds is 4. The van der Waals surface area contributed by atoms with Crippen LogP contribution in [-0.2, 0) is 16.0 Å². The van der Waals surface area contributed by atoms with Crippen LogP contribution in [0, 0.1) is 6.92 Å². The van der Waals surface area contributed by atoms with Crippen LogP contribution in [0.4, 0.5) is 0 Å². The van der Waals surface area contributed by atoms with E-state index < -0.39 is 0 Å². The smallest absolute Gasteiger partial charge is 0.230 e. The molecule has 3 rings (SSSR count). The second-order valence-corrected chi connectivity index (χ2v) is 7.65. The maximum absolute atomic E-state index is 12.6. The molecule has 0 N–H and O–H groups in total. The molecular weight excluding hydrogens is 342 g/mol. The van der Waals surface area contributed by atoms with Crippen LogP contribution >= 0.6 is 22.9 Å². The summed E-state index contributed by atoms with van der Waals surface area (Å²) in [5.41, 5.74) is 1.95. The molecule has 1 atom stereocenters. The lowest BCUT2D eigenvalue weighted by molar-refractivity contribution is -0.139. The standard InChI is InChI=1S/C17H21N3O2S2/c1-12(15-4-3-9-23-15)17(22)20-7-5-19(6-8-20)16(21)10-14-11-24-18-13(14)2/h3-4,9,11-12H,5-8,10H2,1-2H3. The van der Waals surface area contributed by atoms with Gasteiger partial charge in [-0.05, 0) is 42.4 Å². The third-order valence-corrected chi connectivity index (χ3v) is 6.30. The molecule has 2 aromatic rings. The van der Waals surface area contributed by atoms with E-state index in [1.807, 2.05) is 46.5 Å². The van der Waals surface area contributed by atoms with E-state index >= 15 is 0 Å². The number of thiophene rings is 1. The normalized spacial score (nSPS) is 16.2. The first-order chi connectivity index (χ1) is 11.6. The van der Waals surface area contributed by atoms with Gasteiger partial charge in [-0.2, -0.15) is 4.37 Å². The fourth-order valence-electron chi connectivity index (χ4n) is 2.87. The molecule has 1 unspecified atom stereocenters. The minimum absolute atomic E-state index is 0.105. The minimum Gasteiger partial charge on any atom is -0.339 e. The second kappa shape index (κ2) is 7.44. The van der Waals surface area contributed by atoms with Crippen molar-refractivity contribution in [1.29, 1.82) is 0 Å². The molecule has 0 aliphatic carbocycles.